The maximum Gasteiger partial charge on any atom is 0.339 e. The Balaban J connectivity index is 1.33. The Hall–Kier alpha value is -4.45. The Bertz CT molecular complexity index is 1560. The number of fused-ring (bicyclic) bond motifs is 1. The van der Waals surface area contributed by atoms with E-state index in [1.165, 1.54) is 36.4 Å². The van der Waals surface area contributed by atoms with Gasteiger partial charge in [0.2, 0.25) is 0 Å². The lowest BCUT2D eigenvalue weighted by atomic mass is 10.2. The number of esters is 1. The molecule has 0 saturated heterocycles. The molecular formula is C23H19N3O8S. The number of H-pyrrole nitrogens is 1. The van der Waals surface area contributed by atoms with Crippen LogP contribution >= 0.6 is 0 Å². The molecule has 0 amide bonds. The number of aromatic nitrogens is 2. The first kappa shape index (κ1) is 23.7. The quantitative estimate of drug-likeness (QED) is 0.122. The van der Waals surface area contributed by atoms with Crippen LogP contribution in [-0.2, 0) is 21.4 Å². The van der Waals surface area contributed by atoms with Crippen LogP contribution in [0.3, 0.4) is 0 Å². The molecule has 0 radical (unpaired) electrons. The zero-order valence-corrected chi connectivity index (χ0v) is 18.9. The minimum absolute atomic E-state index is 0.0736. The number of nitro benzene ring substituents is 1. The van der Waals surface area contributed by atoms with Crippen molar-refractivity contribution in [2.75, 3.05) is 6.61 Å². The monoisotopic (exact) mass is 497 g/mol. The van der Waals surface area contributed by atoms with E-state index in [9.17, 15) is 28.1 Å². The van der Waals surface area contributed by atoms with Crippen LogP contribution in [0.5, 0.6) is 5.75 Å². The lowest BCUT2D eigenvalue weighted by molar-refractivity contribution is -0.385. The van der Waals surface area contributed by atoms with Crippen LogP contribution in [0, 0.1) is 10.1 Å². The summed E-state index contributed by atoms with van der Waals surface area (Å²) in [4.78, 5) is 36.9. The van der Waals surface area contributed by atoms with Crippen molar-refractivity contribution in [1.29, 1.82) is 0 Å². The third-order valence-electron chi connectivity index (χ3n) is 5.05. The van der Waals surface area contributed by atoms with Gasteiger partial charge < -0.3 is 13.9 Å². The van der Waals surface area contributed by atoms with Crippen molar-refractivity contribution in [3.63, 3.8) is 0 Å². The Labute approximate surface area is 198 Å². The van der Waals surface area contributed by atoms with E-state index >= 15 is 0 Å². The second kappa shape index (κ2) is 9.81. The van der Waals surface area contributed by atoms with Gasteiger partial charge in [0.15, 0.2) is 0 Å². The van der Waals surface area contributed by atoms with Crippen molar-refractivity contribution < 1.29 is 27.1 Å². The molecule has 4 aromatic rings. The van der Waals surface area contributed by atoms with Gasteiger partial charge in [-0.25, -0.2) is 9.59 Å². The van der Waals surface area contributed by atoms with Gasteiger partial charge in [-0.2, -0.15) is 8.42 Å². The molecule has 1 aromatic heterocycles. The molecule has 180 valence electrons. The van der Waals surface area contributed by atoms with Gasteiger partial charge >= 0.3 is 21.8 Å². The number of hydrogen-bond acceptors (Lipinski definition) is 8. The fraction of sp³-hybridized carbons (Fsp3) is 0.130. The summed E-state index contributed by atoms with van der Waals surface area (Å²) in [6, 6.07) is 17.0. The van der Waals surface area contributed by atoms with Crippen molar-refractivity contribution in [1.82, 2.24) is 9.55 Å². The molecule has 0 aliphatic carbocycles. The Morgan fingerprint density at radius 2 is 1.77 bits per heavy atom. The van der Waals surface area contributed by atoms with Crippen molar-refractivity contribution in [3.8, 4) is 5.75 Å². The number of nitrogens with one attached hydrogen (secondary N) is 1. The summed E-state index contributed by atoms with van der Waals surface area (Å²) in [5, 5.41) is 10.9. The highest BCUT2D eigenvalue weighted by Crippen LogP contribution is 2.22. The second-order valence-electron chi connectivity index (χ2n) is 7.40. The molecule has 3 aromatic carbocycles. The predicted octanol–water partition coefficient (Wildman–Crippen LogP) is 3.25. The van der Waals surface area contributed by atoms with Crippen molar-refractivity contribution in [2.45, 2.75) is 17.9 Å². The van der Waals surface area contributed by atoms with E-state index in [2.05, 4.69) is 4.98 Å². The molecule has 12 heteroatoms. The van der Waals surface area contributed by atoms with Gasteiger partial charge in [0, 0.05) is 18.7 Å². The van der Waals surface area contributed by atoms with E-state index in [0.29, 0.717) is 13.0 Å². The number of para-hydroxylation sites is 2. The number of benzene rings is 3. The highest BCUT2D eigenvalue weighted by molar-refractivity contribution is 7.87. The largest absolute Gasteiger partial charge is 0.462 e. The first-order valence-electron chi connectivity index (χ1n) is 10.4. The fourth-order valence-electron chi connectivity index (χ4n) is 3.37. The summed E-state index contributed by atoms with van der Waals surface area (Å²) in [5.41, 5.74) is 1.04. The number of non-ortho nitro benzene ring substituents is 1. The molecule has 1 N–H and O–H groups in total. The highest BCUT2D eigenvalue weighted by atomic mass is 32.2. The minimum Gasteiger partial charge on any atom is -0.462 e. The minimum atomic E-state index is -4.31. The van der Waals surface area contributed by atoms with Crippen molar-refractivity contribution in [3.05, 3.63) is 99.0 Å². The topological polar surface area (TPSA) is 151 Å². The lowest BCUT2D eigenvalue weighted by Crippen LogP contribution is -2.18. The maximum absolute atomic E-state index is 12.4. The van der Waals surface area contributed by atoms with E-state index in [4.69, 9.17) is 8.92 Å². The number of carbonyl (C=O) groups excluding carboxylic acids is 1. The van der Waals surface area contributed by atoms with Crippen LogP contribution in [0.25, 0.3) is 11.0 Å². The standard InChI is InChI=1S/C23H19N3O8S/c27-22(33-14-4-13-25-21-8-2-1-7-20(21)24-23(25)28)16-9-11-18(12-10-16)34-35(31,32)19-6-3-5-17(15-19)26(29)30/h1-3,5-12,15H,4,13-14H2,(H,24,28). The van der Waals surface area contributed by atoms with Gasteiger partial charge in [-0.3, -0.25) is 14.7 Å². The normalized spacial score (nSPS) is 11.3. The lowest BCUT2D eigenvalue weighted by Gasteiger charge is -2.08. The first-order valence-corrected chi connectivity index (χ1v) is 11.8. The Morgan fingerprint density at radius 1 is 1.03 bits per heavy atom. The van der Waals surface area contributed by atoms with Crippen molar-refractivity contribution >= 4 is 32.8 Å². The molecule has 0 aliphatic heterocycles. The average Bonchev–Trinajstić information content (AvgIpc) is 3.17. The van der Waals surface area contributed by atoms with E-state index in [1.54, 1.807) is 10.6 Å². The number of aryl methyl sites for hydroxylation is 1. The number of ether oxygens (including phenoxy) is 1. The van der Waals surface area contributed by atoms with Crippen LogP contribution in [0.15, 0.2) is 82.5 Å². The first-order chi connectivity index (χ1) is 16.7. The predicted molar refractivity (Wildman–Crippen MR) is 125 cm³/mol. The zero-order valence-electron chi connectivity index (χ0n) is 18.1. The number of nitro groups is 1. The molecule has 11 nitrogen and oxygen atoms in total. The van der Waals surface area contributed by atoms with E-state index in [-0.39, 0.29) is 34.2 Å². The molecule has 0 aliphatic rings. The highest BCUT2D eigenvalue weighted by Gasteiger charge is 2.20. The molecule has 0 spiro atoms. The van der Waals surface area contributed by atoms with Crippen LogP contribution in [0.2, 0.25) is 0 Å². The summed E-state index contributed by atoms with van der Waals surface area (Å²) in [5.74, 6) is -0.698. The Morgan fingerprint density at radius 3 is 2.51 bits per heavy atom. The summed E-state index contributed by atoms with van der Waals surface area (Å²) in [6.45, 7) is 0.433. The molecule has 35 heavy (non-hydrogen) atoms. The fourth-order valence-corrected chi connectivity index (χ4v) is 4.34. The van der Waals surface area contributed by atoms with Gasteiger partial charge in [-0.1, -0.05) is 18.2 Å². The van der Waals surface area contributed by atoms with Crippen LogP contribution in [-0.4, -0.2) is 35.5 Å². The summed E-state index contributed by atoms with van der Waals surface area (Å²) in [7, 11) is -4.31. The molecule has 0 unspecified atom stereocenters. The number of carbonyl (C=O) groups is 1. The van der Waals surface area contributed by atoms with E-state index in [1.807, 2.05) is 18.2 Å². The summed E-state index contributed by atoms with van der Waals surface area (Å²) in [6.07, 6.45) is 0.413. The molecule has 0 saturated carbocycles. The molecule has 1 heterocycles. The zero-order chi connectivity index (χ0) is 25.0. The van der Waals surface area contributed by atoms with E-state index in [0.717, 1.165) is 23.2 Å². The van der Waals surface area contributed by atoms with Gasteiger partial charge in [0.25, 0.3) is 5.69 Å². The molecule has 0 bridgehead atoms. The number of hydrogen-bond donors (Lipinski definition) is 1. The third kappa shape index (κ3) is 5.38. The maximum atomic E-state index is 12.4. The number of rotatable bonds is 9. The molecular weight excluding hydrogens is 478 g/mol. The SMILES string of the molecule is O=C(OCCCn1c(=O)[nH]c2ccccc21)c1ccc(OS(=O)(=O)c2cccc([N+](=O)[O-])c2)cc1. The molecule has 0 atom stereocenters. The van der Waals surface area contributed by atoms with Crippen LogP contribution < -0.4 is 9.87 Å². The number of aromatic amines is 1. The number of nitrogens with zero attached hydrogens (tertiary/aromatic N) is 2. The van der Waals surface area contributed by atoms with Crippen LogP contribution in [0.4, 0.5) is 5.69 Å². The van der Waals surface area contributed by atoms with Crippen LogP contribution in [0.1, 0.15) is 16.8 Å². The molecule has 4 rings (SSSR count). The Kier molecular flexibility index (Phi) is 6.64. The molecule has 0 fully saturated rings. The van der Waals surface area contributed by atoms with Gasteiger partial charge in [0.05, 0.1) is 28.1 Å². The van der Waals surface area contributed by atoms with E-state index < -0.39 is 21.0 Å². The third-order valence-corrected chi connectivity index (χ3v) is 6.30. The van der Waals surface area contributed by atoms with Crippen molar-refractivity contribution in [2.24, 2.45) is 0 Å². The smallest absolute Gasteiger partial charge is 0.339 e. The summed E-state index contributed by atoms with van der Waals surface area (Å²) >= 11 is 0. The second-order valence-corrected chi connectivity index (χ2v) is 8.95. The van der Waals surface area contributed by atoms with Gasteiger partial charge in [-0.15, -0.1) is 0 Å². The van der Waals surface area contributed by atoms with Gasteiger partial charge in [0.1, 0.15) is 10.6 Å². The van der Waals surface area contributed by atoms with Gasteiger partial charge in [-0.05, 0) is 48.9 Å². The number of imidazole rings is 1. The summed E-state index contributed by atoms with van der Waals surface area (Å²) < 4.78 is 36.6. The average molecular weight is 497 g/mol.